The molecule has 0 saturated carbocycles. The molecule has 0 bridgehead atoms. The highest BCUT2D eigenvalue weighted by molar-refractivity contribution is 5.68. The molecule has 170 valence electrons. The number of likely N-dealkylation sites (tertiary alicyclic amines) is 1. The summed E-state index contributed by atoms with van der Waals surface area (Å²) >= 11 is 0. The lowest BCUT2D eigenvalue weighted by Gasteiger charge is -2.40. The van der Waals surface area contributed by atoms with Gasteiger partial charge < -0.3 is 19.1 Å². The lowest BCUT2D eigenvalue weighted by molar-refractivity contribution is -0.0680. The fourth-order valence-electron chi connectivity index (χ4n) is 3.58. The number of ether oxygens (including phenoxy) is 3. The average molecular weight is 442 g/mol. The Morgan fingerprint density at radius 1 is 1.25 bits per heavy atom. The number of aromatic nitrogens is 1. The van der Waals surface area contributed by atoms with Crippen molar-refractivity contribution in [1.82, 2.24) is 9.88 Å². The maximum Gasteiger partial charge on any atom is 0.410 e. The Morgan fingerprint density at radius 3 is 2.56 bits per heavy atom. The van der Waals surface area contributed by atoms with Crippen LogP contribution < -0.4 is 4.74 Å². The zero-order valence-corrected chi connectivity index (χ0v) is 18.9. The van der Waals surface area contributed by atoms with E-state index in [1.807, 2.05) is 39.0 Å². The van der Waals surface area contributed by atoms with Gasteiger partial charge in [-0.2, -0.15) is 5.26 Å². The van der Waals surface area contributed by atoms with E-state index >= 15 is 0 Å². The number of methoxy groups -OCH3 is 1. The molecule has 2 aromatic rings. The van der Waals surface area contributed by atoms with Crippen LogP contribution in [0.5, 0.6) is 5.88 Å². The van der Waals surface area contributed by atoms with Crippen LogP contribution >= 0.6 is 0 Å². The van der Waals surface area contributed by atoms with Crippen LogP contribution in [-0.2, 0) is 21.7 Å². The SMILES string of the molecule is COC1(c2cccc(OCc3ccc(C#N)cc3F)n2)CCN(C(=O)OC(C)(C)C)CC1. The molecule has 0 N–H and O–H groups in total. The van der Waals surface area contributed by atoms with E-state index in [1.54, 1.807) is 24.1 Å². The van der Waals surface area contributed by atoms with E-state index in [0.717, 1.165) is 0 Å². The minimum atomic E-state index is -0.655. The molecule has 1 saturated heterocycles. The van der Waals surface area contributed by atoms with Gasteiger partial charge in [-0.25, -0.2) is 14.2 Å². The standard InChI is InChI=1S/C24H28FN3O4/c1-23(2,3)32-22(29)28-12-10-24(30-4,11-13-28)20-6-5-7-21(27-20)31-16-18-9-8-17(15-26)14-19(18)25/h5-9,14H,10-13,16H2,1-4H3. The summed E-state index contributed by atoms with van der Waals surface area (Å²) in [5.74, 6) is -0.152. The van der Waals surface area contributed by atoms with E-state index in [9.17, 15) is 9.18 Å². The first-order chi connectivity index (χ1) is 15.2. The molecular formula is C24H28FN3O4. The van der Waals surface area contributed by atoms with Gasteiger partial charge in [0.15, 0.2) is 0 Å². The minimum absolute atomic E-state index is 0.0135. The minimum Gasteiger partial charge on any atom is -0.473 e. The van der Waals surface area contributed by atoms with E-state index in [4.69, 9.17) is 19.5 Å². The van der Waals surface area contributed by atoms with E-state index in [2.05, 4.69) is 4.98 Å². The lowest BCUT2D eigenvalue weighted by atomic mass is 9.87. The van der Waals surface area contributed by atoms with Crippen LogP contribution in [0.2, 0.25) is 0 Å². The summed E-state index contributed by atoms with van der Waals surface area (Å²) in [6.45, 7) is 6.47. The third-order valence-electron chi connectivity index (χ3n) is 5.36. The number of nitriles is 1. The van der Waals surface area contributed by atoms with Crippen LogP contribution in [0.4, 0.5) is 9.18 Å². The molecule has 8 heteroatoms. The first-order valence-corrected chi connectivity index (χ1v) is 10.5. The van der Waals surface area contributed by atoms with Crippen LogP contribution in [0.25, 0.3) is 0 Å². The quantitative estimate of drug-likeness (QED) is 0.677. The van der Waals surface area contributed by atoms with Gasteiger partial charge in [-0.1, -0.05) is 12.1 Å². The Labute approximate surface area is 187 Å². The van der Waals surface area contributed by atoms with E-state index in [1.165, 1.54) is 12.1 Å². The van der Waals surface area contributed by atoms with Crippen molar-refractivity contribution < 1.29 is 23.4 Å². The van der Waals surface area contributed by atoms with Gasteiger partial charge in [0, 0.05) is 31.8 Å². The molecule has 3 rings (SSSR count). The van der Waals surface area contributed by atoms with Gasteiger partial charge in [0.1, 0.15) is 23.6 Å². The van der Waals surface area contributed by atoms with Crippen LogP contribution in [0.3, 0.4) is 0 Å². The molecular weight excluding hydrogens is 413 g/mol. The summed E-state index contributed by atoms with van der Waals surface area (Å²) in [6.07, 6.45) is 0.782. The molecule has 1 aromatic carbocycles. The van der Waals surface area contributed by atoms with Gasteiger partial charge in [-0.05, 0) is 51.8 Å². The van der Waals surface area contributed by atoms with Crippen LogP contribution in [0.15, 0.2) is 36.4 Å². The normalized spacial score (nSPS) is 15.7. The number of carbonyl (C=O) groups is 1. The predicted octanol–water partition coefficient (Wildman–Crippen LogP) is 4.54. The summed E-state index contributed by atoms with van der Waals surface area (Å²) in [5.41, 5.74) is 0.0858. The zero-order valence-electron chi connectivity index (χ0n) is 18.9. The molecule has 0 spiro atoms. The Bertz CT molecular complexity index is 1010. The second-order valence-electron chi connectivity index (χ2n) is 8.73. The molecule has 1 fully saturated rings. The number of hydrogen-bond donors (Lipinski definition) is 0. The molecule has 0 radical (unpaired) electrons. The Morgan fingerprint density at radius 2 is 1.97 bits per heavy atom. The third-order valence-corrected chi connectivity index (χ3v) is 5.36. The third kappa shape index (κ3) is 5.54. The van der Waals surface area contributed by atoms with E-state index < -0.39 is 17.0 Å². The molecule has 1 aromatic heterocycles. The average Bonchev–Trinajstić information content (AvgIpc) is 2.77. The number of halogens is 1. The fraction of sp³-hybridized carbons (Fsp3) is 0.458. The highest BCUT2D eigenvalue weighted by atomic mass is 19.1. The number of hydrogen-bond acceptors (Lipinski definition) is 6. The maximum absolute atomic E-state index is 14.1. The highest BCUT2D eigenvalue weighted by Gasteiger charge is 2.40. The van der Waals surface area contributed by atoms with Gasteiger partial charge in [0.2, 0.25) is 5.88 Å². The maximum atomic E-state index is 14.1. The molecule has 0 unspecified atom stereocenters. The Kier molecular flexibility index (Phi) is 6.99. The summed E-state index contributed by atoms with van der Waals surface area (Å²) in [5, 5.41) is 8.86. The number of nitrogens with zero attached hydrogens (tertiary/aromatic N) is 3. The monoisotopic (exact) mass is 441 g/mol. The second kappa shape index (κ2) is 9.53. The topological polar surface area (TPSA) is 84.7 Å². The van der Waals surface area contributed by atoms with Crippen molar-refractivity contribution in [3.05, 3.63) is 59.0 Å². The molecule has 2 heterocycles. The Balaban J connectivity index is 1.68. The first-order valence-electron chi connectivity index (χ1n) is 10.5. The van der Waals surface area contributed by atoms with Gasteiger partial charge in [-0.3, -0.25) is 0 Å². The first kappa shape index (κ1) is 23.5. The number of pyridine rings is 1. The molecule has 1 aliphatic heterocycles. The van der Waals surface area contributed by atoms with Crippen LogP contribution in [0, 0.1) is 17.1 Å². The summed E-state index contributed by atoms with van der Waals surface area (Å²) in [4.78, 5) is 18.6. The molecule has 0 aliphatic carbocycles. The number of benzene rings is 1. The largest absolute Gasteiger partial charge is 0.473 e. The van der Waals surface area contributed by atoms with E-state index in [0.29, 0.717) is 43.1 Å². The smallest absolute Gasteiger partial charge is 0.410 e. The van der Waals surface area contributed by atoms with Crippen LogP contribution in [-0.4, -0.2) is 41.8 Å². The Hall–Kier alpha value is -3.18. The van der Waals surface area contributed by atoms with Gasteiger partial charge in [0.05, 0.1) is 17.3 Å². The highest BCUT2D eigenvalue weighted by Crippen LogP contribution is 2.36. The van der Waals surface area contributed by atoms with Crippen molar-refractivity contribution in [2.24, 2.45) is 0 Å². The molecule has 1 aliphatic rings. The van der Waals surface area contributed by atoms with Gasteiger partial charge in [0.25, 0.3) is 0 Å². The number of amides is 1. The van der Waals surface area contributed by atoms with Crippen molar-refractivity contribution in [1.29, 1.82) is 5.26 Å². The van der Waals surface area contributed by atoms with Gasteiger partial charge >= 0.3 is 6.09 Å². The summed E-state index contributed by atoms with van der Waals surface area (Å²) in [6, 6.07) is 11.5. The van der Waals surface area contributed by atoms with Crippen LogP contribution in [0.1, 0.15) is 50.4 Å². The van der Waals surface area contributed by atoms with Crippen molar-refractivity contribution in [3.8, 4) is 11.9 Å². The number of rotatable bonds is 5. The predicted molar refractivity (Wildman–Crippen MR) is 115 cm³/mol. The van der Waals surface area contributed by atoms with Crippen molar-refractivity contribution in [3.63, 3.8) is 0 Å². The number of carbonyl (C=O) groups excluding carboxylic acids is 1. The fourth-order valence-corrected chi connectivity index (χ4v) is 3.58. The lowest BCUT2D eigenvalue weighted by Crippen LogP contribution is -2.47. The zero-order chi connectivity index (χ0) is 23.4. The molecule has 1 amide bonds. The van der Waals surface area contributed by atoms with Crippen molar-refractivity contribution in [2.45, 2.75) is 51.4 Å². The van der Waals surface area contributed by atoms with E-state index in [-0.39, 0.29) is 18.3 Å². The van der Waals surface area contributed by atoms with Crippen molar-refractivity contribution >= 4 is 6.09 Å². The molecule has 7 nitrogen and oxygen atoms in total. The van der Waals surface area contributed by atoms with Crippen molar-refractivity contribution in [2.75, 3.05) is 20.2 Å². The molecule has 32 heavy (non-hydrogen) atoms. The van der Waals surface area contributed by atoms with Gasteiger partial charge in [-0.15, -0.1) is 0 Å². The number of piperidine rings is 1. The summed E-state index contributed by atoms with van der Waals surface area (Å²) in [7, 11) is 1.63. The summed E-state index contributed by atoms with van der Waals surface area (Å²) < 4.78 is 31.2. The second-order valence-corrected chi connectivity index (χ2v) is 8.73. The molecule has 0 atom stereocenters.